The van der Waals surface area contributed by atoms with Crippen molar-refractivity contribution in [2.24, 2.45) is 0 Å². The molecule has 3 aromatic rings. The van der Waals surface area contributed by atoms with Gasteiger partial charge in [0.25, 0.3) is 0 Å². The zero-order valence-electron chi connectivity index (χ0n) is 18.3. The second-order valence-electron chi connectivity index (χ2n) is 9.28. The largest absolute Gasteiger partial charge is 0.448 e. The molecule has 6 rings (SSSR count). The standard InChI is InChI=1S/C29H27NO2/c1-19-7-6-8-20(15-19)21-16-22-13-14-23(17-21)30(22)29(31)32-18-28-26-11-4-2-9-24(26)25-10-3-5-12-27(25)28/h2-12,15-16,22-23,28H,13-14,17-18H2,1H3. The highest BCUT2D eigenvalue weighted by molar-refractivity contribution is 5.79. The van der Waals surface area contributed by atoms with Crippen molar-refractivity contribution in [1.29, 1.82) is 0 Å². The molecule has 32 heavy (non-hydrogen) atoms. The second-order valence-corrected chi connectivity index (χ2v) is 9.28. The van der Waals surface area contributed by atoms with Crippen molar-refractivity contribution in [2.45, 2.75) is 44.2 Å². The number of carbonyl (C=O) groups excluding carboxylic acids is 1. The van der Waals surface area contributed by atoms with Crippen LogP contribution in [0.3, 0.4) is 0 Å². The summed E-state index contributed by atoms with van der Waals surface area (Å²) in [4.78, 5) is 15.2. The first-order valence-electron chi connectivity index (χ1n) is 11.6. The van der Waals surface area contributed by atoms with Crippen molar-refractivity contribution in [1.82, 2.24) is 4.90 Å². The summed E-state index contributed by atoms with van der Waals surface area (Å²) in [6.45, 7) is 2.52. The first-order chi connectivity index (χ1) is 15.7. The van der Waals surface area contributed by atoms with Crippen molar-refractivity contribution in [2.75, 3.05) is 6.61 Å². The Kier molecular flexibility index (Phi) is 4.64. The highest BCUT2D eigenvalue weighted by Crippen LogP contribution is 2.45. The van der Waals surface area contributed by atoms with E-state index in [0.717, 1.165) is 19.3 Å². The minimum absolute atomic E-state index is 0.104. The Morgan fingerprint density at radius 1 is 0.938 bits per heavy atom. The monoisotopic (exact) mass is 421 g/mol. The Morgan fingerprint density at radius 2 is 1.66 bits per heavy atom. The maximum Gasteiger partial charge on any atom is 0.410 e. The summed E-state index contributed by atoms with van der Waals surface area (Å²) >= 11 is 0. The van der Waals surface area contributed by atoms with E-state index in [9.17, 15) is 4.79 Å². The molecule has 2 atom stereocenters. The van der Waals surface area contributed by atoms with Gasteiger partial charge in [-0.15, -0.1) is 0 Å². The number of hydrogen-bond acceptors (Lipinski definition) is 2. The van der Waals surface area contributed by atoms with Gasteiger partial charge in [-0.1, -0.05) is 84.4 Å². The molecule has 3 heteroatoms. The van der Waals surface area contributed by atoms with E-state index in [1.54, 1.807) is 0 Å². The first-order valence-corrected chi connectivity index (χ1v) is 11.6. The third-order valence-electron chi connectivity index (χ3n) is 7.33. The molecule has 1 amide bonds. The van der Waals surface area contributed by atoms with Crippen molar-refractivity contribution < 1.29 is 9.53 Å². The number of amides is 1. The number of aryl methyl sites for hydroxylation is 1. The van der Waals surface area contributed by atoms with Crippen molar-refractivity contribution in [3.8, 4) is 11.1 Å². The topological polar surface area (TPSA) is 29.5 Å². The Balaban J connectivity index is 1.20. The molecule has 2 heterocycles. The zero-order chi connectivity index (χ0) is 21.7. The van der Waals surface area contributed by atoms with Crippen LogP contribution in [0.2, 0.25) is 0 Å². The van der Waals surface area contributed by atoms with Gasteiger partial charge in [-0.25, -0.2) is 4.79 Å². The Bertz CT molecular complexity index is 1180. The number of hydrogen-bond donors (Lipinski definition) is 0. The number of benzene rings is 3. The molecule has 0 spiro atoms. The first kappa shape index (κ1) is 19.4. The second kappa shape index (κ2) is 7.67. The summed E-state index contributed by atoms with van der Waals surface area (Å²) in [5, 5.41) is 0. The van der Waals surface area contributed by atoms with Crippen LogP contribution in [0.1, 0.15) is 47.4 Å². The molecule has 0 N–H and O–H groups in total. The maximum absolute atomic E-state index is 13.2. The molecule has 1 saturated heterocycles. The van der Waals surface area contributed by atoms with Crippen LogP contribution >= 0.6 is 0 Å². The molecule has 0 saturated carbocycles. The fraction of sp³-hybridized carbons (Fsp3) is 0.276. The Hall–Kier alpha value is -3.33. The summed E-state index contributed by atoms with van der Waals surface area (Å²) in [6.07, 6.45) is 5.09. The zero-order valence-corrected chi connectivity index (χ0v) is 18.3. The molecule has 2 bridgehead atoms. The molecule has 1 fully saturated rings. The van der Waals surface area contributed by atoms with Crippen LogP contribution in [0.15, 0.2) is 78.9 Å². The molecule has 2 unspecified atom stereocenters. The number of ether oxygens (including phenoxy) is 1. The van der Waals surface area contributed by atoms with Gasteiger partial charge in [0.15, 0.2) is 0 Å². The number of nitrogens with zero attached hydrogens (tertiary/aromatic N) is 1. The van der Waals surface area contributed by atoms with E-state index < -0.39 is 0 Å². The highest BCUT2D eigenvalue weighted by Gasteiger charge is 2.41. The molecule has 1 aliphatic carbocycles. The van der Waals surface area contributed by atoms with E-state index >= 15 is 0 Å². The van der Waals surface area contributed by atoms with Crippen molar-refractivity contribution in [3.63, 3.8) is 0 Å². The average molecular weight is 422 g/mol. The van der Waals surface area contributed by atoms with Gasteiger partial charge >= 0.3 is 6.09 Å². The van der Waals surface area contributed by atoms with E-state index in [1.807, 2.05) is 4.90 Å². The fourth-order valence-corrected chi connectivity index (χ4v) is 5.84. The molecular weight excluding hydrogens is 394 g/mol. The van der Waals surface area contributed by atoms with Crippen LogP contribution in [-0.4, -0.2) is 29.7 Å². The molecule has 0 aromatic heterocycles. The summed E-state index contributed by atoms with van der Waals surface area (Å²) in [7, 11) is 0. The summed E-state index contributed by atoms with van der Waals surface area (Å²) in [5.74, 6) is 0.104. The van der Waals surface area contributed by atoms with Crippen LogP contribution in [0, 0.1) is 6.92 Å². The van der Waals surface area contributed by atoms with Crippen LogP contribution in [0.5, 0.6) is 0 Å². The Labute approximate surface area is 189 Å². The van der Waals surface area contributed by atoms with E-state index in [4.69, 9.17) is 4.74 Å². The number of fused-ring (bicyclic) bond motifs is 5. The molecule has 3 aromatic carbocycles. The third kappa shape index (κ3) is 3.15. The highest BCUT2D eigenvalue weighted by atomic mass is 16.6. The van der Waals surface area contributed by atoms with Gasteiger partial charge in [-0.05, 0) is 59.6 Å². The van der Waals surface area contributed by atoms with Gasteiger partial charge in [-0.2, -0.15) is 0 Å². The summed E-state index contributed by atoms with van der Waals surface area (Å²) in [5.41, 5.74) is 8.95. The molecule has 3 aliphatic rings. The van der Waals surface area contributed by atoms with E-state index in [0.29, 0.717) is 6.61 Å². The number of rotatable bonds is 3. The van der Waals surface area contributed by atoms with Crippen LogP contribution in [0.4, 0.5) is 4.79 Å². The third-order valence-corrected chi connectivity index (χ3v) is 7.33. The fourth-order valence-electron chi connectivity index (χ4n) is 5.84. The van der Waals surface area contributed by atoms with Crippen molar-refractivity contribution in [3.05, 3.63) is 101 Å². The summed E-state index contributed by atoms with van der Waals surface area (Å²) in [6, 6.07) is 26.0. The predicted octanol–water partition coefficient (Wildman–Crippen LogP) is 6.56. The minimum Gasteiger partial charge on any atom is -0.448 e. The summed E-state index contributed by atoms with van der Waals surface area (Å²) < 4.78 is 5.98. The minimum atomic E-state index is -0.168. The quantitative estimate of drug-likeness (QED) is 0.479. The Morgan fingerprint density at radius 3 is 2.34 bits per heavy atom. The van der Waals surface area contributed by atoms with Gasteiger partial charge in [0.1, 0.15) is 6.61 Å². The number of carbonyl (C=O) groups is 1. The van der Waals surface area contributed by atoms with Crippen LogP contribution in [0.25, 0.3) is 16.7 Å². The smallest absolute Gasteiger partial charge is 0.410 e. The lowest BCUT2D eigenvalue weighted by atomic mass is 9.94. The molecular formula is C29H27NO2. The van der Waals surface area contributed by atoms with E-state index in [1.165, 1.54) is 39.0 Å². The van der Waals surface area contributed by atoms with Gasteiger partial charge < -0.3 is 4.74 Å². The van der Waals surface area contributed by atoms with Gasteiger partial charge in [0, 0.05) is 12.0 Å². The van der Waals surface area contributed by atoms with E-state index in [2.05, 4.69) is 85.8 Å². The average Bonchev–Trinajstić information content (AvgIpc) is 3.28. The van der Waals surface area contributed by atoms with Gasteiger partial charge in [-0.3, -0.25) is 4.90 Å². The van der Waals surface area contributed by atoms with E-state index in [-0.39, 0.29) is 24.1 Å². The van der Waals surface area contributed by atoms with Crippen LogP contribution < -0.4 is 0 Å². The normalized spacial score (nSPS) is 21.2. The lowest BCUT2D eigenvalue weighted by Crippen LogP contribution is -2.43. The molecule has 0 radical (unpaired) electrons. The van der Waals surface area contributed by atoms with Crippen LogP contribution in [-0.2, 0) is 4.74 Å². The SMILES string of the molecule is Cc1cccc(C2=CC3CCC(C2)N3C(=O)OCC2c3ccccc3-c3ccccc32)c1. The lowest BCUT2D eigenvalue weighted by Gasteiger charge is -2.33. The maximum atomic E-state index is 13.2. The molecule has 2 aliphatic heterocycles. The lowest BCUT2D eigenvalue weighted by molar-refractivity contribution is 0.0866. The van der Waals surface area contributed by atoms with Gasteiger partial charge in [0.05, 0.1) is 6.04 Å². The molecule has 160 valence electrons. The molecule has 3 nitrogen and oxygen atoms in total. The van der Waals surface area contributed by atoms with Crippen molar-refractivity contribution >= 4 is 11.7 Å². The predicted molar refractivity (Wildman–Crippen MR) is 127 cm³/mol. The van der Waals surface area contributed by atoms with Gasteiger partial charge in [0.2, 0.25) is 0 Å².